The van der Waals surface area contributed by atoms with E-state index in [1.54, 1.807) is 0 Å². The quantitative estimate of drug-likeness (QED) is 0.729. The van der Waals surface area contributed by atoms with Gasteiger partial charge in [0.25, 0.3) is 0 Å². The zero-order chi connectivity index (χ0) is 15.1. The van der Waals surface area contributed by atoms with Gasteiger partial charge in [-0.25, -0.2) is 0 Å². The maximum absolute atomic E-state index is 12.1. The summed E-state index contributed by atoms with van der Waals surface area (Å²) in [6.45, 7) is 9.95. The monoisotopic (exact) mass is 296 g/mol. The molecule has 0 aromatic carbocycles. The maximum atomic E-state index is 12.1. The molecular weight excluding hydrogens is 264 g/mol. The molecule has 2 rings (SSSR count). The highest BCUT2D eigenvalue weighted by Crippen LogP contribution is 2.15. The molecule has 21 heavy (non-hydrogen) atoms. The molecule has 0 bridgehead atoms. The highest BCUT2D eigenvalue weighted by molar-refractivity contribution is 5.78. The number of carbonyl (C=O) groups is 1. The molecule has 122 valence electrons. The number of piperidine rings is 1. The van der Waals surface area contributed by atoms with Gasteiger partial charge in [0.15, 0.2) is 0 Å². The van der Waals surface area contributed by atoms with E-state index in [1.807, 2.05) is 4.90 Å². The molecule has 0 saturated carbocycles. The molecule has 5 nitrogen and oxygen atoms in total. The van der Waals surface area contributed by atoms with E-state index in [2.05, 4.69) is 29.1 Å². The van der Waals surface area contributed by atoms with Crippen molar-refractivity contribution in [3.05, 3.63) is 0 Å². The van der Waals surface area contributed by atoms with Crippen molar-refractivity contribution >= 4 is 5.91 Å². The van der Waals surface area contributed by atoms with Crippen LogP contribution in [0.25, 0.3) is 0 Å². The smallest absolute Gasteiger partial charge is 0.236 e. The molecule has 1 atom stereocenters. The molecule has 2 aliphatic heterocycles. The summed E-state index contributed by atoms with van der Waals surface area (Å²) >= 11 is 0. The van der Waals surface area contributed by atoms with Crippen LogP contribution in [-0.4, -0.2) is 86.1 Å². The van der Waals surface area contributed by atoms with E-state index < -0.39 is 0 Å². The molecule has 0 radical (unpaired) electrons. The van der Waals surface area contributed by atoms with Crippen molar-refractivity contribution in [2.45, 2.75) is 38.6 Å². The van der Waals surface area contributed by atoms with E-state index in [0.717, 1.165) is 51.7 Å². The van der Waals surface area contributed by atoms with Crippen LogP contribution < -0.4 is 5.32 Å². The van der Waals surface area contributed by atoms with Crippen LogP contribution in [0.3, 0.4) is 0 Å². The fourth-order valence-electron chi connectivity index (χ4n) is 3.26. The molecular formula is C16H32N4O. The number of carbonyl (C=O) groups excluding carboxylic acids is 1. The third-order valence-corrected chi connectivity index (χ3v) is 4.87. The number of rotatable bonds is 6. The van der Waals surface area contributed by atoms with Gasteiger partial charge in [-0.1, -0.05) is 6.42 Å². The highest BCUT2D eigenvalue weighted by Gasteiger charge is 2.19. The van der Waals surface area contributed by atoms with Crippen LogP contribution in [0.5, 0.6) is 0 Å². The number of hydrogen-bond acceptors (Lipinski definition) is 4. The minimum absolute atomic E-state index is 0.259. The number of nitrogens with one attached hydrogen (secondary N) is 1. The zero-order valence-electron chi connectivity index (χ0n) is 13.8. The lowest BCUT2D eigenvalue weighted by atomic mass is 10.0. The fourth-order valence-corrected chi connectivity index (χ4v) is 3.26. The SMILES string of the molecule is C[C@@H]1CCCCN1CCCNCC(=O)N1CCN(C)CC1. The molecule has 0 spiro atoms. The first-order valence-electron chi connectivity index (χ1n) is 8.58. The van der Waals surface area contributed by atoms with Crippen LogP contribution >= 0.6 is 0 Å². The first-order valence-corrected chi connectivity index (χ1v) is 8.58. The summed E-state index contributed by atoms with van der Waals surface area (Å²) in [7, 11) is 2.11. The largest absolute Gasteiger partial charge is 0.339 e. The van der Waals surface area contributed by atoms with Gasteiger partial charge in [0.1, 0.15) is 0 Å². The molecule has 0 aromatic heterocycles. The van der Waals surface area contributed by atoms with Crippen LogP contribution in [0.4, 0.5) is 0 Å². The van der Waals surface area contributed by atoms with Gasteiger partial charge in [-0.3, -0.25) is 4.79 Å². The average molecular weight is 296 g/mol. The Morgan fingerprint density at radius 3 is 2.62 bits per heavy atom. The summed E-state index contributed by atoms with van der Waals surface area (Å²) in [4.78, 5) is 18.9. The first kappa shape index (κ1) is 16.7. The standard InChI is InChI=1S/C16H32N4O/c1-15-6-3-4-8-19(15)9-5-7-17-14-16(21)20-12-10-18(2)11-13-20/h15,17H,3-14H2,1-2H3/t15-/m1/s1. The predicted molar refractivity (Wildman–Crippen MR) is 86.4 cm³/mol. The van der Waals surface area contributed by atoms with Gasteiger partial charge in [-0.15, -0.1) is 0 Å². The van der Waals surface area contributed by atoms with Crippen molar-refractivity contribution in [1.82, 2.24) is 20.0 Å². The molecule has 5 heteroatoms. The zero-order valence-corrected chi connectivity index (χ0v) is 13.8. The van der Waals surface area contributed by atoms with Crippen molar-refractivity contribution in [2.75, 3.05) is 59.4 Å². The van der Waals surface area contributed by atoms with Crippen molar-refractivity contribution in [1.29, 1.82) is 0 Å². The summed E-state index contributed by atoms with van der Waals surface area (Å²) in [6, 6.07) is 0.741. The fraction of sp³-hybridized carbons (Fsp3) is 0.938. The summed E-state index contributed by atoms with van der Waals surface area (Å²) < 4.78 is 0. The van der Waals surface area contributed by atoms with Crippen molar-refractivity contribution in [2.24, 2.45) is 0 Å². The van der Waals surface area contributed by atoms with Crippen LogP contribution in [0, 0.1) is 0 Å². The molecule has 1 N–H and O–H groups in total. The second-order valence-corrected chi connectivity index (χ2v) is 6.60. The van der Waals surface area contributed by atoms with Gasteiger partial charge in [0, 0.05) is 32.2 Å². The molecule has 0 aromatic rings. The van der Waals surface area contributed by atoms with Gasteiger partial charge in [-0.2, -0.15) is 0 Å². The molecule has 1 amide bonds. The molecule has 2 aliphatic rings. The summed E-state index contributed by atoms with van der Waals surface area (Å²) in [6.07, 6.45) is 5.21. The summed E-state index contributed by atoms with van der Waals surface area (Å²) in [5.41, 5.74) is 0. The van der Waals surface area contributed by atoms with Gasteiger partial charge in [0.2, 0.25) is 5.91 Å². The number of likely N-dealkylation sites (tertiary alicyclic amines) is 1. The Morgan fingerprint density at radius 1 is 1.14 bits per heavy atom. The van der Waals surface area contributed by atoms with Gasteiger partial charge in [-0.05, 0) is 52.9 Å². The van der Waals surface area contributed by atoms with E-state index in [4.69, 9.17) is 0 Å². The lowest BCUT2D eigenvalue weighted by molar-refractivity contribution is -0.131. The number of likely N-dealkylation sites (N-methyl/N-ethyl adjacent to an activating group) is 1. The van der Waals surface area contributed by atoms with E-state index in [0.29, 0.717) is 6.54 Å². The first-order chi connectivity index (χ1) is 10.2. The Kier molecular flexibility index (Phi) is 6.93. The number of hydrogen-bond donors (Lipinski definition) is 1. The van der Waals surface area contributed by atoms with Crippen molar-refractivity contribution < 1.29 is 4.79 Å². The number of nitrogens with zero attached hydrogens (tertiary/aromatic N) is 3. The van der Waals surface area contributed by atoms with E-state index in [9.17, 15) is 4.79 Å². The molecule has 0 unspecified atom stereocenters. The van der Waals surface area contributed by atoms with Crippen molar-refractivity contribution in [3.63, 3.8) is 0 Å². The second kappa shape index (κ2) is 8.71. The Balaban J connectivity index is 1.52. The summed E-state index contributed by atoms with van der Waals surface area (Å²) in [5.74, 6) is 0.259. The van der Waals surface area contributed by atoms with Crippen LogP contribution in [0.1, 0.15) is 32.6 Å². The summed E-state index contributed by atoms with van der Waals surface area (Å²) in [5, 5.41) is 3.32. The van der Waals surface area contributed by atoms with Crippen LogP contribution in [0.2, 0.25) is 0 Å². The Bertz CT molecular complexity index is 315. The maximum Gasteiger partial charge on any atom is 0.236 e. The minimum atomic E-state index is 0.259. The molecule has 2 saturated heterocycles. The Morgan fingerprint density at radius 2 is 1.90 bits per heavy atom. The predicted octanol–water partition coefficient (Wildman–Crippen LogP) is 0.615. The van der Waals surface area contributed by atoms with E-state index >= 15 is 0 Å². The average Bonchev–Trinajstić information content (AvgIpc) is 2.49. The normalized spacial score (nSPS) is 25.2. The van der Waals surface area contributed by atoms with Gasteiger partial charge < -0.3 is 20.0 Å². The second-order valence-electron chi connectivity index (χ2n) is 6.60. The molecule has 0 aliphatic carbocycles. The van der Waals surface area contributed by atoms with E-state index in [1.165, 1.54) is 25.8 Å². The van der Waals surface area contributed by atoms with Gasteiger partial charge >= 0.3 is 0 Å². The Labute approximate surface area is 129 Å². The Hall–Kier alpha value is -0.650. The van der Waals surface area contributed by atoms with Crippen molar-refractivity contribution in [3.8, 4) is 0 Å². The lowest BCUT2D eigenvalue weighted by Crippen LogP contribution is -2.49. The number of piperazine rings is 1. The topological polar surface area (TPSA) is 38.8 Å². The minimum Gasteiger partial charge on any atom is -0.339 e. The molecule has 2 fully saturated rings. The lowest BCUT2D eigenvalue weighted by Gasteiger charge is -2.33. The highest BCUT2D eigenvalue weighted by atomic mass is 16.2. The van der Waals surface area contributed by atoms with E-state index in [-0.39, 0.29) is 5.91 Å². The molecule has 2 heterocycles. The number of amides is 1. The third-order valence-electron chi connectivity index (χ3n) is 4.87. The van der Waals surface area contributed by atoms with Gasteiger partial charge in [0.05, 0.1) is 6.54 Å². The van der Waals surface area contributed by atoms with Crippen LogP contribution in [-0.2, 0) is 4.79 Å². The van der Waals surface area contributed by atoms with Crippen LogP contribution in [0.15, 0.2) is 0 Å². The third kappa shape index (κ3) is 5.57.